The number of nitrogens with zero attached hydrogens (tertiary/aromatic N) is 1. The van der Waals surface area contributed by atoms with Gasteiger partial charge in [-0.2, -0.15) is 0 Å². The summed E-state index contributed by atoms with van der Waals surface area (Å²) in [7, 11) is 3.81. The molecule has 0 aliphatic rings. The molecule has 0 aliphatic carbocycles. The minimum absolute atomic E-state index is 0.280. The Labute approximate surface area is 146 Å². The van der Waals surface area contributed by atoms with Crippen LogP contribution in [0.4, 0.5) is 11.4 Å². The van der Waals surface area contributed by atoms with Gasteiger partial charge in [0.05, 0.1) is 11.3 Å². The van der Waals surface area contributed by atoms with E-state index >= 15 is 0 Å². The summed E-state index contributed by atoms with van der Waals surface area (Å²) in [6.45, 7) is 2.32. The third-order valence-corrected chi connectivity index (χ3v) is 3.67. The van der Waals surface area contributed by atoms with Crippen molar-refractivity contribution in [3.63, 3.8) is 0 Å². The zero-order valence-corrected chi connectivity index (χ0v) is 14.6. The van der Waals surface area contributed by atoms with E-state index in [4.69, 9.17) is 11.6 Å². The predicted octanol–water partition coefficient (Wildman–Crippen LogP) is 3.41. The van der Waals surface area contributed by atoms with E-state index in [1.807, 2.05) is 38.1 Å². The van der Waals surface area contributed by atoms with Crippen LogP contribution in [0.3, 0.4) is 0 Å². The van der Waals surface area contributed by atoms with Gasteiger partial charge >= 0.3 is 0 Å². The summed E-state index contributed by atoms with van der Waals surface area (Å²) < 4.78 is 0. The van der Waals surface area contributed by atoms with Crippen LogP contribution in [0.25, 0.3) is 0 Å². The highest BCUT2D eigenvalue weighted by Crippen LogP contribution is 2.22. The van der Waals surface area contributed by atoms with Crippen LogP contribution < -0.4 is 15.5 Å². The van der Waals surface area contributed by atoms with Crippen LogP contribution in [-0.4, -0.2) is 32.5 Å². The Morgan fingerprint density at radius 1 is 1.08 bits per heavy atom. The van der Waals surface area contributed by atoms with Crippen molar-refractivity contribution in [1.29, 1.82) is 0 Å². The largest absolute Gasteiger partial charge is 0.378 e. The van der Waals surface area contributed by atoms with Crippen molar-refractivity contribution in [1.82, 2.24) is 5.32 Å². The summed E-state index contributed by atoms with van der Waals surface area (Å²) in [5.41, 5.74) is 2.19. The molecule has 0 saturated carbocycles. The van der Waals surface area contributed by atoms with Crippen LogP contribution in [0.2, 0.25) is 5.02 Å². The molecule has 0 unspecified atom stereocenters. The van der Waals surface area contributed by atoms with Gasteiger partial charge in [0.2, 0.25) is 0 Å². The number of anilines is 2. The molecule has 0 fully saturated rings. The van der Waals surface area contributed by atoms with Crippen LogP contribution in [-0.2, 0) is 0 Å². The summed E-state index contributed by atoms with van der Waals surface area (Å²) >= 11 is 5.97. The van der Waals surface area contributed by atoms with Crippen molar-refractivity contribution in [3.8, 4) is 0 Å². The first-order valence-corrected chi connectivity index (χ1v) is 7.96. The molecule has 2 aromatic rings. The maximum Gasteiger partial charge on any atom is 0.255 e. The topological polar surface area (TPSA) is 61.4 Å². The van der Waals surface area contributed by atoms with E-state index in [9.17, 15) is 9.59 Å². The number of carbonyl (C=O) groups is 2. The first-order valence-electron chi connectivity index (χ1n) is 7.59. The van der Waals surface area contributed by atoms with Gasteiger partial charge in [-0.1, -0.05) is 17.7 Å². The quantitative estimate of drug-likeness (QED) is 0.873. The standard InChI is InChI=1S/C18H20ClN3O2/c1-4-20-18(24)15-11-13(19)8-9-16(15)21-17(23)12-6-5-7-14(10-12)22(2)3/h5-11H,4H2,1-3H3,(H,20,24)(H,21,23). The van der Waals surface area contributed by atoms with E-state index in [-0.39, 0.29) is 11.8 Å². The molecule has 5 nitrogen and oxygen atoms in total. The molecule has 0 aliphatic heterocycles. The number of benzene rings is 2. The fourth-order valence-corrected chi connectivity index (χ4v) is 2.36. The zero-order chi connectivity index (χ0) is 17.7. The maximum absolute atomic E-state index is 12.5. The number of nitrogens with one attached hydrogen (secondary N) is 2. The van der Waals surface area contributed by atoms with Gasteiger partial charge in [-0.15, -0.1) is 0 Å². The van der Waals surface area contributed by atoms with Crippen molar-refractivity contribution in [2.75, 3.05) is 30.9 Å². The van der Waals surface area contributed by atoms with Crippen molar-refractivity contribution in [2.45, 2.75) is 6.92 Å². The van der Waals surface area contributed by atoms with Crippen LogP contribution in [0, 0.1) is 0 Å². The summed E-state index contributed by atoms with van der Waals surface area (Å²) in [6, 6.07) is 12.0. The molecule has 0 spiro atoms. The van der Waals surface area contributed by atoms with Gasteiger partial charge in [0.1, 0.15) is 0 Å². The Kier molecular flexibility index (Phi) is 5.82. The number of amides is 2. The molecule has 0 atom stereocenters. The molecule has 2 amide bonds. The zero-order valence-electron chi connectivity index (χ0n) is 13.9. The lowest BCUT2D eigenvalue weighted by Crippen LogP contribution is -2.25. The maximum atomic E-state index is 12.5. The Bertz CT molecular complexity index is 760. The number of halogens is 1. The normalized spacial score (nSPS) is 10.2. The Morgan fingerprint density at radius 3 is 2.50 bits per heavy atom. The minimum atomic E-state index is -0.286. The molecule has 0 bridgehead atoms. The smallest absolute Gasteiger partial charge is 0.255 e. The monoisotopic (exact) mass is 345 g/mol. The van der Waals surface area contributed by atoms with Gasteiger partial charge in [0.25, 0.3) is 11.8 Å². The lowest BCUT2D eigenvalue weighted by atomic mass is 10.1. The van der Waals surface area contributed by atoms with Crippen molar-refractivity contribution < 1.29 is 9.59 Å². The molecule has 126 valence electrons. The number of hydrogen-bond donors (Lipinski definition) is 2. The molecule has 0 saturated heterocycles. The van der Waals surface area contributed by atoms with Crippen molar-refractivity contribution in [3.05, 3.63) is 58.6 Å². The van der Waals surface area contributed by atoms with Crippen LogP contribution >= 0.6 is 11.6 Å². The van der Waals surface area contributed by atoms with Crippen molar-refractivity contribution >= 4 is 34.8 Å². The predicted molar refractivity (Wildman–Crippen MR) is 98.2 cm³/mol. The Hall–Kier alpha value is -2.53. The minimum Gasteiger partial charge on any atom is -0.378 e. The van der Waals surface area contributed by atoms with E-state index in [1.54, 1.807) is 30.3 Å². The molecule has 2 aromatic carbocycles. The fourth-order valence-electron chi connectivity index (χ4n) is 2.19. The van der Waals surface area contributed by atoms with Gasteiger partial charge < -0.3 is 15.5 Å². The van der Waals surface area contributed by atoms with Gasteiger partial charge in [-0.3, -0.25) is 9.59 Å². The fraction of sp³-hybridized carbons (Fsp3) is 0.222. The highest BCUT2D eigenvalue weighted by atomic mass is 35.5. The second-order valence-electron chi connectivity index (χ2n) is 5.45. The molecule has 2 rings (SSSR count). The molecular formula is C18H20ClN3O2. The average Bonchev–Trinajstić information content (AvgIpc) is 2.56. The van der Waals surface area contributed by atoms with Gasteiger partial charge in [-0.05, 0) is 43.3 Å². The van der Waals surface area contributed by atoms with E-state index in [0.29, 0.717) is 28.4 Å². The van der Waals surface area contributed by atoms with Gasteiger partial charge in [0, 0.05) is 36.9 Å². The van der Waals surface area contributed by atoms with E-state index in [2.05, 4.69) is 10.6 Å². The highest BCUT2D eigenvalue weighted by molar-refractivity contribution is 6.31. The molecule has 0 heterocycles. The molecule has 6 heteroatoms. The summed E-state index contributed by atoms with van der Waals surface area (Å²) in [6.07, 6.45) is 0. The summed E-state index contributed by atoms with van der Waals surface area (Å²) in [5, 5.41) is 5.93. The lowest BCUT2D eigenvalue weighted by Gasteiger charge is -2.14. The molecular weight excluding hydrogens is 326 g/mol. The Morgan fingerprint density at radius 2 is 1.83 bits per heavy atom. The van der Waals surface area contributed by atoms with Crippen LogP contribution in [0.1, 0.15) is 27.6 Å². The molecule has 2 N–H and O–H groups in total. The number of hydrogen-bond acceptors (Lipinski definition) is 3. The first-order chi connectivity index (χ1) is 11.4. The lowest BCUT2D eigenvalue weighted by molar-refractivity contribution is 0.0956. The second-order valence-corrected chi connectivity index (χ2v) is 5.88. The van der Waals surface area contributed by atoms with E-state index in [0.717, 1.165) is 5.69 Å². The SMILES string of the molecule is CCNC(=O)c1cc(Cl)ccc1NC(=O)c1cccc(N(C)C)c1. The summed E-state index contributed by atoms with van der Waals surface area (Å²) in [4.78, 5) is 26.6. The number of carbonyl (C=O) groups excluding carboxylic acids is 2. The van der Waals surface area contributed by atoms with Gasteiger partial charge in [0.15, 0.2) is 0 Å². The van der Waals surface area contributed by atoms with E-state index in [1.165, 1.54) is 0 Å². The summed E-state index contributed by atoms with van der Waals surface area (Å²) in [5.74, 6) is -0.566. The molecule has 24 heavy (non-hydrogen) atoms. The Balaban J connectivity index is 2.29. The number of rotatable bonds is 5. The average molecular weight is 346 g/mol. The van der Waals surface area contributed by atoms with E-state index < -0.39 is 0 Å². The molecule has 0 aromatic heterocycles. The van der Waals surface area contributed by atoms with Crippen LogP contribution in [0.15, 0.2) is 42.5 Å². The third-order valence-electron chi connectivity index (χ3n) is 3.44. The second kappa shape index (κ2) is 7.84. The van der Waals surface area contributed by atoms with Crippen LogP contribution in [0.5, 0.6) is 0 Å². The van der Waals surface area contributed by atoms with Gasteiger partial charge in [-0.25, -0.2) is 0 Å². The van der Waals surface area contributed by atoms with Crippen molar-refractivity contribution in [2.24, 2.45) is 0 Å². The highest BCUT2D eigenvalue weighted by Gasteiger charge is 2.15. The third kappa shape index (κ3) is 4.26. The molecule has 0 radical (unpaired) electrons. The first kappa shape index (κ1) is 17.8.